The summed E-state index contributed by atoms with van der Waals surface area (Å²) in [6.45, 7) is 7.25. The summed E-state index contributed by atoms with van der Waals surface area (Å²) in [7, 11) is 0. The third-order valence-electron chi connectivity index (χ3n) is 3.40. The number of nitriles is 1. The molecule has 0 saturated carbocycles. The summed E-state index contributed by atoms with van der Waals surface area (Å²) in [5.41, 5.74) is 0.435. The van der Waals surface area contributed by atoms with Gasteiger partial charge in [-0.1, -0.05) is 0 Å². The molecule has 1 fully saturated rings. The Hall–Kier alpha value is -1.61. The van der Waals surface area contributed by atoms with Gasteiger partial charge in [0.25, 0.3) is 0 Å². The van der Waals surface area contributed by atoms with Gasteiger partial charge in [0.2, 0.25) is 0 Å². The number of β-amino-alcohol motifs (C(OH)–C–C–N with tert-alkyl or cyclic N) is 1. The molecule has 1 saturated heterocycles. The maximum atomic E-state index is 10.1. The van der Waals surface area contributed by atoms with Crippen molar-refractivity contribution >= 4 is 0 Å². The molecule has 0 aliphatic carbocycles. The molecule has 1 aromatic carbocycles. The van der Waals surface area contributed by atoms with Crippen LogP contribution in [0.4, 0.5) is 0 Å². The van der Waals surface area contributed by atoms with Crippen molar-refractivity contribution in [2.45, 2.75) is 25.6 Å². The topological polar surface area (TPSA) is 65.7 Å². The van der Waals surface area contributed by atoms with Gasteiger partial charge in [-0.3, -0.25) is 4.90 Å². The van der Waals surface area contributed by atoms with Crippen molar-refractivity contribution in [2.24, 2.45) is 0 Å². The minimum absolute atomic E-state index is 0.161. The molecular formula is C16H22N2O3. The Morgan fingerprint density at radius 1 is 1.43 bits per heavy atom. The Balaban J connectivity index is 1.76. The molecule has 1 aliphatic heterocycles. The number of hydrogen-bond acceptors (Lipinski definition) is 5. The van der Waals surface area contributed by atoms with Crippen LogP contribution >= 0.6 is 0 Å². The molecule has 2 rings (SSSR count). The lowest BCUT2D eigenvalue weighted by molar-refractivity contribution is -0.0947. The van der Waals surface area contributed by atoms with E-state index in [9.17, 15) is 5.11 Å². The summed E-state index contributed by atoms with van der Waals surface area (Å²) in [4.78, 5) is 2.19. The fourth-order valence-corrected chi connectivity index (χ4v) is 2.44. The lowest BCUT2D eigenvalue weighted by atomic mass is 10.1. The van der Waals surface area contributed by atoms with Gasteiger partial charge in [-0.25, -0.2) is 0 Å². The van der Waals surface area contributed by atoms with Crippen LogP contribution in [-0.4, -0.2) is 54.6 Å². The molecule has 1 unspecified atom stereocenters. The fraction of sp³-hybridized carbons (Fsp3) is 0.562. The van der Waals surface area contributed by atoms with Gasteiger partial charge in [0.15, 0.2) is 0 Å². The molecule has 21 heavy (non-hydrogen) atoms. The first-order valence-corrected chi connectivity index (χ1v) is 7.16. The maximum absolute atomic E-state index is 10.1. The van der Waals surface area contributed by atoms with Gasteiger partial charge in [0.1, 0.15) is 18.5 Å². The predicted octanol–water partition coefficient (Wildman–Crippen LogP) is 1.41. The molecule has 5 nitrogen and oxygen atoms in total. The second-order valence-electron chi connectivity index (χ2n) is 5.94. The molecule has 1 aliphatic rings. The van der Waals surface area contributed by atoms with E-state index in [0.29, 0.717) is 24.5 Å². The molecule has 0 radical (unpaired) electrons. The van der Waals surface area contributed by atoms with E-state index in [1.165, 1.54) is 0 Å². The normalized spacial score (nSPS) is 19.7. The molecule has 0 amide bonds. The lowest BCUT2D eigenvalue weighted by Gasteiger charge is -2.38. The van der Waals surface area contributed by atoms with Gasteiger partial charge in [-0.05, 0) is 38.1 Å². The average Bonchev–Trinajstić information content (AvgIpc) is 2.44. The van der Waals surface area contributed by atoms with E-state index in [-0.39, 0.29) is 12.2 Å². The molecular weight excluding hydrogens is 268 g/mol. The molecule has 0 aromatic heterocycles. The van der Waals surface area contributed by atoms with Crippen molar-refractivity contribution in [3.8, 4) is 11.8 Å². The van der Waals surface area contributed by atoms with Crippen LogP contribution in [-0.2, 0) is 4.74 Å². The van der Waals surface area contributed by atoms with E-state index >= 15 is 0 Å². The van der Waals surface area contributed by atoms with Gasteiger partial charge in [0, 0.05) is 19.6 Å². The van der Waals surface area contributed by atoms with Crippen molar-refractivity contribution in [2.75, 3.05) is 32.8 Å². The summed E-state index contributed by atoms with van der Waals surface area (Å²) in [5, 5.41) is 18.8. The van der Waals surface area contributed by atoms with Crippen LogP contribution in [0.15, 0.2) is 24.3 Å². The Kier molecular flexibility index (Phi) is 5.18. The second-order valence-corrected chi connectivity index (χ2v) is 5.94. The number of ether oxygens (including phenoxy) is 2. The molecule has 114 valence electrons. The number of rotatable bonds is 5. The number of hydrogen-bond donors (Lipinski definition) is 1. The summed E-state index contributed by atoms with van der Waals surface area (Å²) >= 11 is 0. The zero-order chi connectivity index (χ0) is 15.3. The Labute approximate surface area is 125 Å². The standard InChI is InChI=1S/C16H22N2O3/c1-16(2)12-18(7-8-21-16)10-14(19)11-20-15-5-3-13(9-17)4-6-15/h3-6,14,19H,7-8,10-12H2,1-2H3. The van der Waals surface area contributed by atoms with Gasteiger partial charge in [0.05, 0.1) is 23.8 Å². The second kappa shape index (κ2) is 6.90. The summed E-state index contributed by atoms with van der Waals surface area (Å²) < 4.78 is 11.2. The van der Waals surface area contributed by atoms with Crippen LogP contribution in [0.25, 0.3) is 0 Å². The van der Waals surface area contributed by atoms with Crippen molar-refractivity contribution in [3.63, 3.8) is 0 Å². The number of nitrogens with zero attached hydrogens (tertiary/aromatic N) is 2. The van der Waals surface area contributed by atoms with Gasteiger partial charge >= 0.3 is 0 Å². The highest BCUT2D eigenvalue weighted by molar-refractivity contribution is 5.34. The largest absolute Gasteiger partial charge is 0.491 e. The Bertz CT molecular complexity index is 493. The first kappa shape index (κ1) is 15.8. The molecule has 5 heteroatoms. The van der Waals surface area contributed by atoms with E-state index in [1.54, 1.807) is 24.3 Å². The van der Waals surface area contributed by atoms with E-state index in [4.69, 9.17) is 14.7 Å². The highest BCUT2D eigenvalue weighted by Gasteiger charge is 2.28. The SMILES string of the molecule is CC1(C)CN(CC(O)COc2ccc(C#N)cc2)CCO1. The van der Waals surface area contributed by atoms with E-state index < -0.39 is 6.10 Å². The van der Waals surface area contributed by atoms with Crippen LogP contribution in [0, 0.1) is 11.3 Å². The average molecular weight is 290 g/mol. The quantitative estimate of drug-likeness (QED) is 0.888. The fourth-order valence-electron chi connectivity index (χ4n) is 2.44. The van der Waals surface area contributed by atoms with Crippen molar-refractivity contribution < 1.29 is 14.6 Å². The zero-order valence-electron chi connectivity index (χ0n) is 12.6. The third kappa shape index (κ3) is 5.01. The van der Waals surface area contributed by atoms with Crippen LogP contribution in [0.5, 0.6) is 5.75 Å². The van der Waals surface area contributed by atoms with Crippen molar-refractivity contribution in [1.29, 1.82) is 5.26 Å². The van der Waals surface area contributed by atoms with E-state index in [2.05, 4.69) is 24.8 Å². The van der Waals surface area contributed by atoms with Crippen molar-refractivity contribution in [3.05, 3.63) is 29.8 Å². The van der Waals surface area contributed by atoms with Gasteiger partial charge < -0.3 is 14.6 Å². The minimum atomic E-state index is -0.547. The van der Waals surface area contributed by atoms with Crippen LogP contribution < -0.4 is 4.74 Å². The summed E-state index contributed by atoms with van der Waals surface area (Å²) in [6, 6.07) is 8.94. The highest BCUT2D eigenvalue weighted by atomic mass is 16.5. The van der Waals surface area contributed by atoms with Crippen LogP contribution in [0.1, 0.15) is 19.4 Å². The number of aliphatic hydroxyl groups is 1. The van der Waals surface area contributed by atoms with Gasteiger partial charge in [-0.15, -0.1) is 0 Å². The molecule has 1 atom stereocenters. The monoisotopic (exact) mass is 290 g/mol. The Morgan fingerprint density at radius 3 is 2.76 bits per heavy atom. The first-order chi connectivity index (χ1) is 9.98. The van der Waals surface area contributed by atoms with E-state index in [1.807, 2.05) is 0 Å². The molecule has 1 aromatic rings. The summed E-state index contributed by atoms with van der Waals surface area (Å²) in [5.74, 6) is 0.662. The molecule has 1 N–H and O–H groups in total. The minimum Gasteiger partial charge on any atom is -0.491 e. The van der Waals surface area contributed by atoms with E-state index in [0.717, 1.165) is 13.1 Å². The predicted molar refractivity (Wildman–Crippen MR) is 79.1 cm³/mol. The molecule has 0 bridgehead atoms. The zero-order valence-corrected chi connectivity index (χ0v) is 12.6. The van der Waals surface area contributed by atoms with Crippen LogP contribution in [0.3, 0.4) is 0 Å². The Morgan fingerprint density at radius 2 is 2.14 bits per heavy atom. The highest BCUT2D eigenvalue weighted by Crippen LogP contribution is 2.17. The smallest absolute Gasteiger partial charge is 0.119 e. The maximum Gasteiger partial charge on any atom is 0.119 e. The third-order valence-corrected chi connectivity index (χ3v) is 3.40. The molecule has 1 heterocycles. The lowest BCUT2D eigenvalue weighted by Crippen LogP contribution is -2.50. The number of benzene rings is 1. The van der Waals surface area contributed by atoms with Crippen molar-refractivity contribution in [1.82, 2.24) is 4.90 Å². The first-order valence-electron chi connectivity index (χ1n) is 7.16. The van der Waals surface area contributed by atoms with Gasteiger partial charge in [-0.2, -0.15) is 5.26 Å². The molecule has 0 spiro atoms. The number of morpholine rings is 1. The summed E-state index contributed by atoms with van der Waals surface area (Å²) in [6.07, 6.45) is -0.547. The van der Waals surface area contributed by atoms with Crippen LogP contribution in [0.2, 0.25) is 0 Å². The number of aliphatic hydroxyl groups excluding tert-OH is 1.